The Hall–Kier alpha value is -3.53. The first-order chi connectivity index (χ1) is 25.2. The Kier molecular flexibility index (Phi) is 12.9. The van der Waals surface area contributed by atoms with Gasteiger partial charge in [0.15, 0.2) is 17.0 Å². The molecule has 51 heavy (non-hydrogen) atoms. The lowest BCUT2D eigenvalue weighted by Gasteiger charge is -2.33. The van der Waals surface area contributed by atoms with E-state index in [1.165, 1.54) is 69.2 Å². The highest BCUT2D eigenvalue weighted by Gasteiger charge is 2.26. The van der Waals surface area contributed by atoms with E-state index in [9.17, 15) is 0 Å². The number of rotatable bonds is 17. The Morgan fingerprint density at radius 2 is 1.33 bits per heavy atom. The van der Waals surface area contributed by atoms with Gasteiger partial charge in [0.05, 0.1) is 6.33 Å². The summed E-state index contributed by atoms with van der Waals surface area (Å²) in [4.78, 5) is 20.4. The summed E-state index contributed by atoms with van der Waals surface area (Å²) in [5, 5.41) is 7.54. The fraction of sp³-hybridized carbons (Fsp3) is 0.595. The van der Waals surface area contributed by atoms with Crippen molar-refractivity contribution >= 4 is 22.9 Å². The lowest BCUT2D eigenvalue weighted by Crippen LogP contribution is -2.39. The molecule has 3 fully saturated rings. The zero-order valence-electron chi connectivity index (χ0n) is 30.8. The van der Waals surface area contributed by atoms with Crippen LogP contribution in [0.1, 0.15) is 101 Å². The van der Waals surface area contributed by atoms with Crippen LogP contribution in [0, 0.1) is 0 Å². The minimum Gasteiger partial charge on any atom is -0.365 e. The van der Waals surface area contributed by atoms with Crippen molar-refractivity contribution in [3.63, 3.8) is 0 Å². The number of fused-ring (bicyclic) bond motifs is 1. The normalized spacial score (nSPS) is 20.7. The van der Waals surface area contributed by atoms with Crippen LogP contribution in [0.2, 0.25) is 0 Å². The van der Waals surface area contributed by atoms with Gasteiger partial charge >= 0.3 is 0 Å². The summed E-state index contributed by atoms with van der Waals surface area (Å²) in [6, 6.07) is 23.5. The van der Waals surface area contributed by atoms with Crippen molar-refractivity contribution in [2.45, 2.75) is 120 Å². The van der Waals surface area contributed by atoms with Gasteiger partial charge in [0.2, 0.25) is 5.95 Å². The number of nitrogens with one attached hydrogen (secondary N) is 2. The average molecular weight is 692 g/mol. The lowest BCUT2D eigenvalue weighted by molar-refractivity contribution is 0.211. The summed E-state index contributed by atoms with van der Waals surface area (Å²) in [7, 11) is 0. The number of nitrogens with zero attached hydrogens (tertiary/aromatic N) is 6. The van der Waals surface area contributed by atoms with Crippen LogP contribution in [-0.4, -0.2) is 86.7 Å². The number of imidazole rings is 1. The van der Waals surface area contributed by atoms with Crippen LogP contribution in [0.3, 0.4) is 0 Å². The molecule has 9 nitrogen and oxygen atoms in total. The molecular weight excluding hydrogens is 631 g/mol. The number of hydrogen-bond donors (Lipinski definition) is 3. The van der Waals surface area contributed by atoms with E-state index in [1.54, 1.807) is 0 Å². The molecule has 2 aromatic carbocycles. The summed E-state index contributed by atoms with van der Waals surface area (Å²) in [6.45, 7) is 6.91. The third-order valence-corrected chi connectivity index (χ3v) is 11.7. The van der Waals surface area contributed by atoms with Crippen molar-refractivity contribution in [1.29, 1.82) is 0 Å². The van der Waals surface area contributed by atoms with E-state index in [0.29, 0.717) is 24.2 Å². The molecule has 2 saturated carbocycles. The lowest BCUT2D eigenvalue weighted by atomic mass is 9.92. The quantitative estimate of drug-likeness (QED) is 0.0982. The summed E-state index contributed by atoms with van der Waals surface area (Å²) < 4.78 is 2.32. The maximum absolute atomic E-state index is 6.20. The third kappa shape index (κ3) is 10.3. The van der Waals surface area contributed by atoms with Crippen molar-refractivity contribution in [3.8, 4) is 0 Å². The summed E-state index contributed by atoms with van der Waals surface area (Å²) in [5.41, 5.74) is 11.0. The van der Waals surface area contributed by atoms with Gasteiger partial charge in [0.1, 0.15) is 0 Å². The molecule has 4 aromatic rings. The second kappa shape index (κ2) is 18.3. The number of piperidine rings is 1. The molecule has 7 rings (SSSR count). The van der Waals surface area contributed by atoms with Crippen LogP contribution < -0.4 is 16.4 Å². The largest absolute Gasteiger partial charge is 0.365 e. The van der Waals surface area contributed by atoms with Crippen LogP contribution in [0.5, 0.6) is 0 Å². The van der Waals surface area contributed by atoms with E-state index in [2.05, 4.69) is 85.7 Å². The van der Waals surface area contributed by atoms with E-state index in [1.807, 2.05) is 6.33 Å². The van der Waals surface area contributed by atoms with E-state index in [0.717, 1.165) is 100 Å². The molecule has 3 heterocycles. The zero-order chi connectivity index (χ0) is 34.7. The first-order valence-electron chi connectivity index (χ1n) is 20.2. The molecule has 2 aliphatic carbocycles. The predicted octanol–water partition coefficient (Wildman–Crippen LogP) is 7.46. The van der Waals surface area contributed by atoms with Gasteiger partial charge in [-0.15, -0.1) is 0 Å². The van der Waals surface area contributed by atoms with Gasteiger partial charge in [0.25, 0.3) is 0 Å². The van der Waals surface area contributed by atoms with Gasteiger partial charge in [-0.1, -0.05) is 79.9 Å². The molecule has 1 aliphatic heterocycles. The molecule has 274 valence electrons. The maximum Gasteiger partial charge on any atom is 0.227 e. The van der Waals surface area contributed by atoms with Crippen molar-refractivity contribution in [1.82, 2.24) is 29.3 Å². The number of benzene rings is 2. The maximum atomic E-state index is 6.20. The van der Waals surface area contributed by atoms with E-state index < -0.39 is 0 Å². The molecule has 0 amide bonds. The number of likely N-dealkylation sites (tertiary alicyclic amines) is 1. The molecule has 3 aliphatic rings. The van der Waals surface area contributed by atoms with Crippen molar-refractivity contribution in [3.05, 3.63) is 78.1 Å². The molecule has 0 unspecified atom stereocenters. The topological polar surface area (TPSA) is 100 Å². The van der Waals surface area contributed by atoms with Crippen LogP contribution >= 0.6 is 0 Å². The molecule has 0 atom stereocenters. The highest BCUT2D eigenvalue weighted by Crippen LogP contribution is 2.34. The predicted molar refractivity (Wildman–Crippen MR) is 210 cm³/mol. The Morgan fingerprint density at radius 1 is 0.686 bits per heavy atom. The first-order valence-corrected chi connectivity index (χ1v) is 20.2. The van der Waals surface area contributed by atoms with Crippen LogP contribution in [0.15, 0.2) is 67.0 Å². The molecule has 0 bridgehead atoms. The van der Waals surface area contributed by atoms with Gasteiger partial charge < -0.3 is 30.7 Å². The van der Waals surface area contributed by atoms with Crippen molar-refractivity contribution < 1.29 is 0 Å². The van der Waals surface area contributed by atoms with Crippen molar-refractivity contribution in [2.24, 2.45) is 5.73 Å². The van der Waals surface area contributed by atoms with Gasteiger partial charge in [-0.3, -0.25) is 0 Å². The van der Waals surface area contributed by atoms with Crippen LogP contribution in [-0.2, 0) is 12.8 Å². The minimum absolute atomic E-state index is 0.328. The fourth-order valence-corrected chi connectivity index (χ4v) is 8.52. The van der Waals surface area contributed by atoms with E-state index >= 15 is 0 Å². The molecule has 9 heteroatoms. The number of anilines is 2. The highest BCUT2D eigenvalue weighted by atomic mass is 15.2. The molecule has 4 N–H and O–H groups in total. The Morgan fingerprint density at radius 3 is 2.00 bits per heavy atom. The van der Waals surface area contributed by atoms with Gasteiger partial charge in [0, 0.05) is 50.3 Å². The minimum atomic E-state index is 0.328. The van der Waals surface area contributed by atoms with E-state index in [-0.39, 0.29) is 0 Å². The van der Waals surface area contributed by atoms with Crippen molar-refractivity contribution in [2.75, 3.05) is 49.9 Å². The first kappa shape index (κ1) is 35.9. The van der Waals surface area contributed by atoms with Crippen LogP contribution in [0.25, 0.3) is 11.2 Å². The third-order valence-electron chi connectivity index (χ3n) is 11.7. The molecular formula is C42H61N9. The number of hydrogen-bond acceptors (Lipinski definition) is 8. The second-order valence-electron chi connectivity index (χ2n) is 15.5. The molecule has 2 aromatic heterocycles. The molecule has 1 saturated heterocycles. The number of nitrogens with two attached hydrogens (primary N) is 1. The summed E-state index contributed by atoms with van der Waals surface area (Å²) in [6.07, 6.45) is 19.6. The van der Waals surface area contributed by atoms with E-state index in [4.69, 9.17) is 20.7 Å². The van der Waals surface area contributed by atoms with Crippen LogP contribution in [0.4, 0.5) is 11.8 Å². The van der Waals surface area contributed by atoms with Gasteiger partial charge in [-0.05, 0) is 101 Å². The Bertz CT molecular complexity index is 1540. The number of unbranched alkanes of at least 4 members (excludes halogenated alkanes) is 2. The van der Waals surface area contributed by atoms with Gasteiger partial charge in [-0.25, -0.2) is 4.98 Å². The summed E-state index contributed by atoms with van der Waals surface area (Å²) >= 11 is 0. The Balaban J connectivity index is 0.879. The SMILES string of the molecule is NC1CCC(Nc2nc(NC3CCN(CCCCCN(CCc4ccccc4)CCc4ccccc4)CC3)c3ncn(C4CCCC4)c3n2)CC1. The highest BCUT2D eigenvalue weighted by molar-refractivity contribution is 5.84. The zero-order valence-corrected chi connectivity index (χ0v) is 30.8. The van der Waals surface area contributed by atoms with Gasteiger partial charge in [-0.2, -0.15) is 9.97 Å². The Labute approximate surface area is 305 Å². The fourth-order valence-electron chi connectivity index (χ4n) is 8.52. The second-order valence-corrected chi connectivity index (χ2v) is 15.5. The molecule has 0 radical (unpaired) electrons. The smallest absolute Gasteiger partial charge is 0.227 e. The number of aromatic nitrogens is 4. The monoisotopic (exact) mass is 692 g/mol. The molecule has 0 spiro atoms. The standard InChI is InChI=1S/C42H61N9/c43-35-18-20-36(21-19-35)46-42-47-40(39-41(48-42)51(32-44-39)38-16-8-9-17-38)45-37-24-30-50(31-25-37)27-11-3-10-26-49(28-22-33-12-4-1-5-13-33)29-23-34-14-6-2-7-15-34/h1-2,4-7,12-15,32,35-38H,3,8-11,16-31,43H2,(H2,45,46,47,48). The average Bonchev–Trinajstić information content (AvgIpc) is 3.86. The summed E-state index contributed by atoms with van der Waals surface area (Å²) in [5.74, 6) is 1.63.